The molecule has 0 atom stereocenters. The van der Waals surface area contributed by atoms with Crippen LogP contribution in [-0.2, 0) is 9.47 Å². The molecule has 3 nitrogen and oxygen atoms in total. The number of ether oxygens (including phenoxy) is 2. The second-order valence-electron chi connectivity index (χ2n) is 3.77. The van der Waals surface area contributed by atoms with E-state index >= 15 is 0 Å². The lowest BCUT2D eigenvalue weighted by Crippen LogP contribution is -2.03. The summed E-state index contributed by atoms with van der Waals surface area (Å²) in [4.78, 5) is 10.7. The molecule has 0 saturated heterocycles. The predicted octanol–water partition coefficient (Wildman–Crippen LogP) is 3.64. The van der Waals surface area contributed by atoms with Crippen molar-refractivity contribution in [1.82, 2.24) is 0 Å². The van der Waals surface area contributed by atoms with E-state index in [4.69, 9.17) is 4.74 Å². The zero-order valence-electron chi connectivity index (χ0n) is 10.1. The van der Waals surface area contributed by atoms with Crippen molar-refractivity contribution in [2.24, 2.45) is 0 Å². The summed E-state index contributed by atoms with van der Waals surface area (Å²) >= 11 is 0. The number of benzene rings is 2. The molecule has 0 bridgehead atoms. The van der Waals surface area contributed by atoms with Crippen LogP contribution in [0.4, 0.5) is 4.79 Å². The smallest absolute Gasteiger partial charge is 0.438 e. The number of methoxy groups -OCH3 is 1. The molecule has 3 heteroatoms. The third-order valence-electron chi connectivity index (χ3n) is 2.55. The van der Waals surface area contributed by atoms with E-state index in [2.05, 4.69) is 29.0 Å². The van der Waals surface area contributed by atoms with Gasteiger partial charge in [0, 0.05) is 0 Å². The molecule has 0 fully saturated rings. The highest BCUT2D eigenvalue weighted by atomic mass is 16.7. The van der Waals surface area contributed by atoms with Gasteiger partial charge in [-0.3, -0.25) is 0 Å². The number of fused-ring (bicyclic) bond motifs is 1. The van der Waals surface area contributed by atoms with Gasteiger partial charge in [-0.2, -0.15) is 0 Å². The molecule has 0 amide bonds. The van der Waals surface area contributed by atoms with Crippen molar-refractivity contribution in [3.8, 4) is 0 Å². The van der Waals surface area contributed by atoms with Gasteiger partial charge in [-0.15, -0.1) is 0 Å². The lowest BCUT2D eigenvalue weighted by molar-refractivity contribution is 0.0819. The second-order valence-corrected chi connectivity index (χ2v) is 3.77. The lowest BCUT2D eigenvalue weighted by atomic mass is 10.1. The fourth-order valence-electron chi connectivity index (χ4n) is 1.67. The monoisotopic (exact) mass is 242 g/mol. The molecule has 2 rings (SSSR count). The minimum Gasteiger partial charge on any atom is -0.438 e. The topological polar surface area (TPSA) is 35.5 Å². The molecule has 2 aromatic carbocycles. The maximum atomic E-state index is 10.7. The van der Waals surface area contributed by atoms with Crippen LogP contribution >= 0.6 is 0 Å². The van der Waals surface area contributed by atoms with E-state index in [-0.39, 0.29) is 6.61 Å². The van der Waals surface area contributed by atoms with Crippen LogP contribution in [0.2, 0.25) is 0 Å². The number of hydrogen-bond acceptors (Lipinski definition) is 3. The van der Waals surface area contributed by atoms with Crippen molar-refractivity contribution in [3.63, 3.8) is 0 Å². The third-order valence-corrected chi connectivity index (χ3v) is 2.55. The fraction of sp³-hybridized carbons (Fsp3) is 0.133. The summed E-state index contributed by atoms with van der Waals surface area (Å²) in [5.41, 5.74) is 1.07. The van der Waals surface area contributed by atoms with Gasteiger partial charge in [0.25, 0.3) is 0 Å². The summed E-state index contributed by atoms with van der Waals surface area (Å²) in [5.74, 6) is 0. The Morgan fingerprint density at radius 1 is 1.17 bits per heavy atom. The molecule has 0 N–H and O–H groups in total. The molecule has 0 aliphatic heterocycles. The molecule has 0 heterocycles. The van der Waals surface area contributed by atoms with Crippen molar-refractivity contribution in [2.45, 2.75) is 0 Å². The molecule has 2 aromatic rings. The third kappa shape index (κ3) is 3.10. The Bertz CT molecular complexity index is 573. The molecule has 0 aliphatic carbocycles. The van der Waals surface area contributed by atoms with Crippen molar-refractivity contribution >= 4 is 23.0 Å². The van der Waals surface area contributed by atoms with Gasteiger partial charge in [-0.25, -0.2) is 4.79 Å². The maximum Gasteiger partial charge on any atom is 0.508 e. The minimum absolute atomic E-state index is 0.208. The van der Waals surface area contributed by atoms with Crippen LogP contribution in [0.15, 0.2) is 48.5 Å². The van der Waals surface area contributed by atoms with Crippen LogP contribution in [-0.4, -0.2) is 19.9 Å². The highest BCUT2D eigenvalue weighted by Gasteiger charge is 1.96. The molecule has 0 aliphatic rings. The van der Waals surface area contributed by atoms with Gasteiger partial charge in [0.2, 0.25) is 0 Å². The first-order chi connectivity index (χ1) is 8.79. The summed E-state index contributed by atoms with van der Waals surface area (Å²) < 4.78 is 9.12. The summed E-state index contributed by atoms with van der Waals surface area (Å²) in [5, 5.41) is 2.40. The first-order valence-corrected chi connectivity index (χ1v) is 5.65. The molecule has 0 radical (unpaired) electrons. The van der Waals surface area contributed by atoms with E-state index in [1.807, 2.05) is 24.3 Å². The van der Waals surface area contributed by atoms with Gasteiger partial charge < -0.3 is 9.47 Å². The van der Waals surface area contributed by atoms with Gasteiger partial charge in [0.15, 0.2) is 0 Å². The van der Waals surface area contributed by atoms with Crippen LogP contribution in [0.1, 0.15) is 5.56 Å². The van der Waals surface area contributed by atoms with Crippen LogP contribution < -0.4 is 0 Å². The largest absolute Gasteiger partial charge is 0.508 e. The fourth-order valence-corrected chi connectivity index (χ4v) is 1.67. The summed E-state index contributed by atoms with van der Waals surface area (Å²) in [7, 11) is 1.29. The average Bonchev–Trinajstić information content (AvgIpc) is 2.43. The molecule has 0 spiro atoms. The van der Waals surface area contributed by atoms with Crippen LogP contribution in [0.3, 0.4) is 0 Å². The first kappa shape index (κ1) is 12.2. The van der Waals surface area contributed by atoms with Crippen molar-refractivity contribution in [3.05, 3.63) is 54.1 Å². The lowest BCUT2D eigenvalue weighted by Gasteiger charge is -2.00. The Balaban J connectivity index is 2.03. The molecule has 0 aromatic heterocycles. The maximum absolute atomic E-state index is 10.7. The summed E-state index contributed by atoms with van der Waals surface area (Å²) in [6.45, 7) is 0.208. The molecule has 0 unspecified atom stereocenters. The number of hydrogen-bond donors (Lipinski definition) is 0. The zero-order chi connectivity index (χ0) is 12.8. The van der Waals surface area contributed by atoms with Crippen LogP contribution in [0.25, 0.3) is 16.8 Å². The van der Waals surface area contributed by atoms with Gasteiger partial charge in [-0.05, 0) is 28.5 Å². The van der Waals surface area contributed by atoms with Crippen LogP contribution in [0.5, 0.6) is 0 Å². The van der Waals surface area contributed by atoms with E-state index in [1.54, 1.807) is 6.08 Å². The summed E-state index contributed by atoms with van der Waals surface area (Å²) in [6.07, 6.45) is 3.02. The Hall–Kier alpha value is -2.29. The van der Waals surface area contributed by atoms with Gasteiger partial charge in [0.1, 0.15) is 6.61 Å². The Morgan fingerprint density at radius 3 is 2.72 bits per heavy atom. The normalized spacial score (nSPS) is 10.7. The number of rotatable bonds is 3. The van der Waals surface area contributed by atoms with Crippen molar-refractivity contribution in [2.75, 3.05) is 13.7 Å². The Labute approximate surface area is 106 Å². The van der Waals surface area contributed by atoms with Gasteiger partial charge in [0.05, 0.1) is 7.11 Å². The van der Waals surface area contributed by atoms with E-state index in [1.165, 1.54) is 17.9 Å². The molecule has 0 saturated carbocycles. The second kappa shape index (κ2) is 5.87. The van der Waals surface area contributed by atoms with Crippen LogP contribution in [0, 0.1) is 0 Å². The van der Waals surface area contributed by atoms with Gasteiger partial charge in [-0.1, -0.05) is 42.5 Å². The first-order valence-electron chi connectivity index (χ1n) is 5.65. The molecular formula is C15H14O3. The SMILES string of the molecule is COC(=O)OC/C=C/c1ccc2ccccc2c1. The molecule has 18 heavy (non-hydrogen) atoms. The average molecular weight is 242 g/mol. The standard InChI is InChI=1S/C15H14O3/c1-17-15(16)18-10-4-5-12-8-9-13-6-2-3-7-14(13)11-12/h2-9,11H,10H2,1H3/b5-4+. The zero-order valence-corrected chi connectivity index (χ0v) is 10.1. The Kier molecular flexibility index (Phi) is 3.97. The van der Waals surface area contributed by atoms with E-state index in [0.717, 1.165) is 5.56 Å². The Morgan fingerprint density at radius 2 is 1.94 bits per heavy atom. The number of carbonyl (C=O) groups excluding carboxylic acids is 1. The van der Waals surface area contributed by atoms with E-state index in [9.17, 15) is 4.79 Å². The predicted molar refractivity (Wildman–Crippen MR) is 71.3 cm³/mol. The summed E-state index contributed by atoms with van der Waals surface area (Å²) in [6, 6.07) is 14.3. The minimum atomic E-state index is -0.668. The number of carbonyl (C=O) groups is 1. The highest BCUT2D eigenvalue weighted by Crippen LogP contribution is 2.16. The van der Waals surface area contributed by atoms with Crippen molar-refractivity contribution in [1.29, 1.82) is 0 Å². The van der Waals surface area contributed by atoms with Gasteiger partial charge >= 0.3 is 6.16 Å². The highest BCUT2D eigenvalue weighted by molar-refractivity contribution is 5.84. The van der Waals surface area contributed by atoms with E-state index in [0.29, 0.717) is 0 Å². The quantitative estimate of drug-likeness (QED) is 0.771. The van der Waals surface area contributed by atoms with Crippen molar-refractivity contribution < 1.29 is 14.3 Å². The van der Waals surface area contributed by atoms with E-state index < -0.39 is 6.16 Å². The molecular weight excluding hydrogens is 228 g/mol. The molecule has 92 valence electrons.